The van der Waals surface area contributed by atoms with E-state index < -0.39 is 0 Å². The van der Waals surface area contributed by atoms with Crippen molar-refractivity contribution in [3.63, 3.8) is 0 Å². The van der Waals surface area contributed by atoms with Gasteiger partial charge in [-0.15, -0.1) is 0 Å². The van der Waals surface area contributed by atoms with Crippen molar-refractivity contribution < 1.29 is 4.79 Å². The van der Waals surface area contributed by atoms with Crippen molar-refractivity contribution in [1.29, 1.82) is 0 Å². The van der Waals surface area contributed by atoms with Crippen LogP contribution in [0.25, 0.3) is 0 Å². The molecule has 17 heavy (non-hydrogen) atoms. The Kier molecular flexibility index (Phi) is 5.16. The van der Waals surface area contributed by atoms with Crippen molar-refractivity contribution in [2.24, 2.45) is 5.92 Å². The zero-order valence-electron chi connectivity index (χ0n) is 11.2. The molecule has 0 bridgehead atoms. The molecule has 1 rings (SSSR count). The maximum atomic E-state index is 12.1. The predicted molar refractivity (Wildman–Crippen MR) is 72.3 cm³/mol. The molecule has 0 heterocycles. The lowest BCUT2D eigenvalue weighted by Crippen LogP contribution is -2.36. The first-order chi connectivity index (χ1) is 8.06. The van der Waals surface area contributed by atoms with Crippen LogP contribution in [0.15, 0.2) is 24.3 Å². The van der Waals surface area contributed by atoms with Crippen LogP contribution in [0.2, 0.25) is 0 Å². The number of rotatable bonds is 5. The van der Waals surface area contributed by atoms with Gasteiger partial charge in [0.25, 0.3) is 0 Å². The Hall–Kier alpha value is -1.35. The van der Waals surface area contributed by atoms with Gasteiger partial charge in [-0.25, -0.2) is 0 Å². The fourth-order valence-corrected chi connectivity index (χ4v) is 1.74. The molecule has 0 aromatic heterocycles. The SMILES string of the molecule is CCNCC(C)C(=O)N(C)c1cccc(C)c1. The third-order valence-corrected chi connectivity index (χ3v) is 2.84. The first-order valence-corrected chi connectivity index (χ1v) is 6.11. The van der Waals surface area contributed by atoms with Crippen molar-refractivity contribution in [1.82, 2.24) is 5.32 Å². The van der Waals surface area contributed by atoms with E-state index in [2.05, 4.69) is 5.32 Å². The Morgan fingerprint density at radius 1 is 1.47 bits per heavy atom. The number of benzene rings is 1. The number of nitrogens with zero attached hydrogens (tertiary/aromatic N) is 1. The molecule has 1 aromatic carbocycles. The fourth-order valence-electron chi connectivity index (χ4n) is 1.74. The second kappa shape index (κ2) is 6.40. The first-order valence-electron chi connectivity index (χ1n) is 6.11. The highest BCUT2D eigenvalue weighted by Gasteiger charge is 2.17. The van der Waals surface area contributed by atoms with Gasteiger partial charge in [0.15, 0.2) is 0 Å². The van der Waals surface area contributed by atoms with Crippen LogP contribution in [0.1, 0.15) is 19.4 Å². The van der Waals surface area contributed by atoms with Crippen molar-refractivity contribution >= 4 is 11.6 Å². The van der Waals surface area contributed by atoms with Gasteiger partial charge < -0.3 is 10.2 Å². The molecule has 0 spiro atoms. The Morgan fingerprint density at radius 2 is 2.18 bits per heavy atom. The second-order valence-electron chi connectivity index (χ2n) is 4.44. The standard InChI is InChI=1S/C14H22N2O/c1-5-15-10-12(3)14(17)16(4)13-8-6-7-11(2)9-13/h6-9,12,15H,5,10H2,1-4H3. The van der Waals surface area contributed by atoms with E-state index in [4.69, 9.17) is 0 Å². The van der Waals surface area contributed by atoms with Crippen LogP contribution in [0.5, 0.6) is 0 Å². The van der Waals surface area contributed by atoms with E-state index in [1.165, 1.54) is 5.56 Å². The molecule has 0 fully saturated rings. The number of anilines is 1. The molecule has 0 aliphatic heterocycles. The quantitative estimate of drug-likeness (QED) is 0.847. The van der Waals surface area contributed by atoms with Gasteiger partial charge in [0.2, 0.25) is 5.91 Å². The first kappa shape index (κ1) is 13.7. The molecule has 0 saturated carbocycles. The fraction of sp³-hybridized carbons (Fsp3) is 0.500. The lowest BCUT2D eigenvalue weighted by Gasteiger charge is -2.22. The zero-order valence-corrected chi connectivity index (χ0v) is 11.2. The van der Waals surface area contributed by atoms with Crippen LogP contribution in [0.4, 0.5) is 5.69 Å². The minimum Gasteiger partial charge on any atom is -0.316 e. The normalized spacial score (nSPS) is 12.2. The Labute approximate surface area is 104 Å². The van der Waals surface area contributed by atoms with Gasteiger partial charge in [0.05, 0.1) is 0 Å². The van der Waals surface area contributed by atoms with Crippen LogP contribution in [-0.2, 0) is 4.79 Å². The molecule has 1 unspecified atom stereocenters. The third-order valence-electron chi connectivity index (χ3n) is 2.84. The Balaban J connectivity index is 2.69. The molecule has 0 aliphatic carbocycles. The summed E-state index contributed by atoms with van der Waals surface area (Å²) >= 11 is 0. The number of aryl methyl sites for hydroxylation is 1. The number of hydrogen-bond donors (Lipinski definition) is 1. The highest BCUT2D eigenvalue weighted by molar-refractivity contribution is 5.94. The average Bonchev–Trinajstić information content (AvgIpc) is 2.34. The van der Waals surface area contributed by atoms with Crippen LogP contribution >= 0.6 is 0 Å². The highest BCUT2D eigenvalue weighted by atomic mass is 16.2. The van der Waals surface area contributed by atoms with Crippen molar-refractivity contribution in [3.05, 3.63) is 29.8 Å². The van der Waals surface area contributed by atoms with Gasteiger partial charge in [0.1, 0.15) is 0 Å². The summed E-state index contributed by atoms with van der Waals surface area (Å²) in [7, 11) is 1.83. The summed E-state index contributed by atoms with van der Waals surface area (Å²) in [4.78, 5) is 13.9. The van der Waals surface area contributed by atoms with Crippen LogP contribution < -0.4 is 10.2 Å². The van der Waals surface area contributed by atoms with Gasteiger partial charge in [-0.05, 0) is 31.2 Å². The topological polar surface area (TPSA) is 32.3 Å². The largest absolute Gasteiger partial charge is 0.316 e. The van der Waals surface area contributed by atoms with Crippen molar-refractivity contribution in [2.75, 3.05) is 25.0 Å². The molecule has 3 nitrogen and oxygen atoms in total. The smallest absolute Gasteiger partial charge is 0.230 e. The minimum absolute atomic E-state index is 0.000428. The maximum absolute atomic E-state index is 12.1. The van der Waals surface area contributed by atoms with Gasteiger partial charge in [-0.1, -0.05) is 26.0 Å². The summed E-state index contributed by atoms with van der Waals surface area (Å²) in [6, 6.07) is 8.00. The summed E-state index contributed by atoms with van der Waals surface area (Å²) < 4.78 is 0. The summed E-state index contributed by atoms with van der Waals surface area (Å²) in [6.45, 7) is 7.65. The molecule has 0 aliphatic rings. The van der Waals surface area contributed by atoms with Crippen molar-refractivity contribution in [3.8, 4) is 0 Å². The summed E-state index contributed by atoms with van der Waals surface area (Å²) in [6.07, 6.45) is 0. The summed E-state index contributed by atoms with van der Waals surface area (Å²) in [5, 5.41) is 3.20. The molecular formula is C14H22N2O. The highest BCUT2D eigenvalue weighted by Crippen LogP contribution is 2.16. The lowest BCUT2D eigenvalue weighted by atomic mass is 10.1. The summed E-state index contributed by atoms with van der Waals surface area (Å²) in [5.74, 6) is 0.150. The predicted octanol–water partition coefficient (Wildman–Crippen LogP) is 2.20. The molecule has 0 saturated heterocycles. The number of nitrogens with one attached hydrogen (secondary N) is 1. The third kappa shape index (κ3) is 3.86. The number of amides is 1. The summed E-state index contributed by atoms with van der Waals surface area (Å²) in [5.41, 5.74) is 2.12. The average molecular weight is 234 g/mol. The van der Waals surface area contributed by atoms with E-state index in [1.54, 1.807) is 4.90 Å². The molecule has 1 aromatic rings. The number of carbonyl (C=O) groups is 1. The van der Waals surface area contributed by atoms with E-state index in [-0.39, 0.29) is 11.8 Å². The van der Waals surface area contributed by atoms with E-state index in [0.29, 0.717) is 0 Å². The van der Waals surface area contributed by atoms with E-state index >= 15 is 0 Å². The Bertz CT molecular complexity index is 376. The molecule has 1 N–H and O–H groups in total. The van der Waals surface area contributed by atoms with Gasteiger partial charge in [0, 0.05) is 25.2 Å². The van der Waals surface area contributed by atoms with Gasteiger partial charge >= 0.3 is 0 Å². The van der Waals surface area contributed by atoms with Crippen LogP contribution in [0.3, 0.4) is 0 Å². The Morgan fingerprint density at radius 3 is 2.76 bits per heavy atom. The number of carbonyl (C=O) groups excluding carboxylic acids is 1. The van der Waals surface area contributed by atoms with Crippen LogP contribution in [0, 0.1) is 12.8 Å². The molecule has 1 amide bonds. The molecule has 0 radical (unpaired) electrons. The maximum Gasteiger partial charge on any atom is 0.230 e. The van der Waals surface area contributed by atoms with Crippen LogP contribution in [-0.4, -0.2) is 26.0 Å². The van der Waals surface area contributed by atoms with Gasteiger partial charge in [-0.2, -0.15) is 0 Å². The zero-order chi connectivity index (χ0) is 12.8. The molecule has 94 valence electrons. The second-order valence-corrected chi connectivity index (χ2v) is 4.44. The van der Waals surface area contributed by atoms with Crippen molar-refractivity contribution in [2.45, 2.75) is 20.8 Å². The molecule has 3 heteroatoms. The lowest BCUT2D eigenvalue weighted by molar-refractivity contribution is -0.121. The molecule has 1 atom stereocenters. The molecular weight excluding hydrogens is 212 g/mol. The minimum atomic E-state index is 0.000428. The monoisotopic (exact) mass is 234 g/mol. The van der Waals surface area contributed by atoms with Gasteiger partial charge in [-0.3, -0.25) is 4.79 Å². The van der Waals surface area contributed by atoms with E-state index in [0.717, 1.165) is 18.8 Å². The van der Waals surface area contributed by atoms with E-state index in [9.17, 15) is 4.79 Å². The van der Waals surface area contributed by atoms with E-state index in [1.807, 2.05) is 52.1 Å². The number of hydrogen-bond acceptors (Lipinski definition) is 2.